The highest BCUT2D eigenvalue weighted by Crippen LogP contribution is 2.27. The Morgan fingerprint density at radius 1 is 1.33 bits per heavy atom. The summed E-state index contributed by atoms with van der Waals surface area (Å²) < 4.78 is 0. The van der Waals surface area contributed by atoms with Crippen molar-refractivity contribution in [3.05, 3.63) is 40.1 Å². The van der Waals surface area contributed by atoms with Crippen LogP contribution in [0.2, 0.25) is 5.02 Å². The Morgan fingerprint density at radius 2 is 1.96 bits per heavy atom. The van der Waals surface area contributed by atoms with Gasteiger partial charge in [0.2, 0.25) is 0 Å². The Balaban J connectivity index is 2.98. The number of aryl methyl sites for hydroxylation is 2. The van der Waals surface area contributed by atoms with E-state index in [4.69, 9.17) is 22.0 Å². The third kappa shape index (κ3) is 5.00. The highest BCUT2D eigenvalue weighted by atomic mass is 35.5. The normalized spacial score (nSPS) is 12.5. The SMILES string of the molecule is Cc1cc(C)c(N/C=C(/C#N)C(=O)NC(C(=O)O)C(C)C)c(Cl)c1. The molecular formula is C17H20ClN3O3. The molecule has 0 spiro atoms. The van der Waals surface area contributed by atoms with E-state index in [2.05, 4.69) is 10.6 Å². The third-order valence-corrected chi connectivity index (χ3v) is 3.68. The lowest BCUT2D eigenvalue weighted by Crippen LogP contribution is -2.44. The number of nitriles is 1. The second kappa shape index (κ2) is 8.37. The number of carbonyl (C=O) groups excluding carboxylic acids is 1. The van der Waals surface area contributed by atoms with E-state index in [-0.39, 0.29) is 11.5 Å². The number of carboxylic acids is 1. The highest BCUT2D eigenvalue weighted by molar-refractivity contribution is 6.33. The van der Waals surface area contributed by atoms with Gasteiger partial charge in [-0.15, -0.1) is 0 Å². The van der Waals surface area contributed by atoms with Crippen LogP contribution in [0, 0.1) is 31.1 Å². The van der Waals surface area contributed by atoms with Gasteiger partial charge in [0.25, 0.3) is 5.91 Å². The van der Waals surface area contributed by atoms with Gasteiger partial charge in [0.05, 0.1) is 10.7 Å². The topological polar surface area (TPSA) is 102 Å². The molecule has 0 radical (unpaired) electrons. The molecule has 0 saturated carbocycles. The minimum atomic E-state index is -1.15. The molecule has 0 bridgehead atoms. The first kappa shape index (κ1) is 19.5. The number of halogens is 1. The van der Waals surface area contributed by atoms with E-state index in [1.54, 1.807) is 26.0 Å². The molecule has 24 heavy (non-hydrogen) atoms. The summed E-state index contributed by atoms with van der Waals surface area (Å²) in [6, 6.07) is 4.36. The number of carbonyl (C=O) groups is 2. The minimum Gasteiger partial charge on any atom is -0.480 e. The van der Waals surface area contributed by atoms with Crippen LogP contribution in [0.15, 0.2) is 23.9 Å². The highest BCUT2D eigenvalue weighted by Gasteiger charge is 2.24. The van der Waals surface area contributed by atoms with Gasteiger partial charge < -0.3 is 15.7 Å². The fraction of sp³-hybridized carbons (Fsp3) is 0.353. The van der Waals surface area contributed by atoms with Crippen LogP contribution in [0.5, 0.6) is 0 Å². The number of hydrogen-bond acceptors (Lipinski definition) is 4. The van der Waals surface area contributed by atoms with Crippen molar-refractivity contribution in [2.75, 3.05) is 5.32 Å². The molecule has 0 heterocycles. The van der Waals surface area contributed by atoms with E-state index in [9.17, 15) is 9.59 Å². The van der Waals surface area contributed by atoms with Gasteiger partial charge in [0, 0.05) is 6.20 Å². The number of carboxylic acid groups (broad SMARTS) is 1. The van der Waals surface area contributed by atoms with Crippen molar-refractivity contribution in [2.24, 2.45) is 5.92 Å². The molecule has 1 rings (SSSR count). The Bertz CT molecular complexity index is 697. The summed E-state index contributed by atoms with van der Waals surface area (Å²) in [4.78, 5) is 23.2. The molecule has 128 valence electrons. The first-order valence-corrected chi connectivity index (χ1v) is 7.72. The molecule has 1 aromatic rings. The fourth-order valence-electron chi connectivity index (χ4n) is 2.12. The molecule has 0 fully saturated rings. The number of amides is 1. The molecule has 1 unspecified atom stereocenters. The van der Waals surface area contributed by atoms with Crippen LogP contribution in [0.25, 0.3) is 0 Å². The van der Waals surface area contributed by atoms with Gasteiger partial charge in [0.1, 0.15) is 17.7 Å². The van der Waals surface area contributed by atoms with Crippen molar-refractivity contribution >= 4 is 29.2 Å². The summed E-state index contributed by atoms with van der Waals surface area (Å²) in [6.07, 6.45) is 1.22. The lowest BCUT2D eigenvalue weighted by molar-refractivity contribution is -0.142. The number of anilines is 1. The van der Waals surface area contributed by atoms with Crippen molar-refractivity contribution in [3.63, 3.8) is 0 Å². The summed E-state index contributed by atoms with van der Waals surface area (Å²) in [5.41, 5.74) is 2.20. The molecule has 6 nitrogen and oxygen atoms in total. The van der Waals surface area contributed by atoms with E-state index in [0.29, 0.717) is 10.7 Å². The minimum absolute atomic E-state index is 0.238. The Kier molecular flexibility index (Phi) is 6.81. The van der Waals surface area contributed by atoms with Crippen LogP contribution in [-0.2, 0) is 9.59 Å². The van der Waals surface area contributed by atoms with Gasteiger partial charge >= 0.3 is 5.97 Å². The maximum Gasteiger partial charge on any atom is 0.326 e. The second-order valence-electron chi connectivity index (χ2n) is 5.79. The zero-order valence-electron chi connectivity index (χ0n) is 14.0. The van der Waals surface area contributed by atoms with Crippen LogP contribution in [0.1, 0.15) is 25.0 Å². The molecule has 0 saturated heterocycles. The zero-order chi connectivity index (χ0) is 18.4. The van der Waals surface area contributed by atoms with Crippen molar-refractivity contribution in [2.45, 2.75) is 33.7 Å². The number of nitrogens with zero attached hydrogens (tertiary/aromatic N) is 1. The summed E-state index contributed by atoms with van der Waals surface area (Å²) in [7, 11) is 0. The van der Waals surface area contributed by atoms with E-state index in [1.165, 1.54) is 6.20 Å². The van der Waals surface area contributed by atoms with E-state index in [0.717, 1.165) is 11.1 Å². The average molecular weight is 350 g/mol. The smallest absolute Gasteiger partial charge is 0.326 e. The van der Waals surface area contributed by atoms with Crippen molar-refractivity contribution in [1.29, 1.82) is 5.26 Å². The molecule has 1 aromatic carbocycles. The Morgan fingerprint density at radius 3 is 2.42 bits per heavy atom. The van der Waals surface area contributed by atoms with Gasteiger partial charge in [-0.1, -0.05) is 31.5 Å². The molecule has 0 aromatic heterocycles. The first-order chi connectivity index (χ1) is 11.2. The molecule has 0 aliphatic rings. The average Bonchev–Trinajstić information content (AvgIpc) is 2.46. The quantitative estimate of drug-likeness (QED) is 0.541. The largest absolute Gasteiger partial charge is 0.480 e. The lowest BCUT2D eigenvalue weighted by atomic mass is 10.0. The van der Waals surface area contributed by atoms with Gasteiger partial charge in [-0.25, -0.2) is 4.79 Å². The Hall–Kier alpha value is -2.52. The monoisotopic (exact) mass is 349 g/mol. The van der Waals surface area contributed by atoms with Gasteiger partial charge in [0.15, 0.2) is 0 Å². The van der Waals surface area contributed by atoms with Crippen LogP contribution in [-0.4, -0.2) is 23.0 Å². The van der Waals surface area contributed by atoms with Crippen LogP contribution < -0.4 is 10.6 Å². The number of rotatable bonds is 6. The molecular weight excluding hydrogens is 330 g/mol. The number of aliphatic carboxylic acids is 1. The summed E-state index contributed by atoms with van der Waals surface area (Å²) in [5, 5.41) is 23.9. The molecule has 0 aliphatic heterocycles. The van der Waals surface area contributed by atoms with Crippen molar-refractivity contribution in [1.82, 2.24) is 5.32 Å². The summed E-state index contributed by atoms with van der Waals surface area (Å²) in [6.45, 7) is 7.09. The molecule has 1 atom stereocenters. The molecule has 0 aliphatic carbocycles. The maximum atomic E-state index is 12.1. The predicted octanol–water partition coefficient (Wildman–Crippen LogP) is 3.00. The third-order valence-electron chi connectivity index (χ3n) is 3.38. The predicted molar refractivity (Wildman–Crippen MR) is 92.6 cm³/mol. The van der Waals surface area contributed by atoms with Gasteiger partial charge in [-0.05, 0) is 37.0 Å². The summed E-state index contributed by atoms with van der Waals surface area (Å²) in [5.74, 6) is -2.22. The molecule has 1 amide bonds. The van der Waals surface area contributed by atoms with Crippen molar-refractivity contribution in [3.8, 4) is 6.07 Å². The van der Waals surface area contributed by atoms with Crippen molar-refractivity contribution < 1.29 is 14.7 Å². The fourth-order valence-corrected chi connectivity index (χ4v) is 2.50. The molecule has 7 heteroatoms. The zero-order valence-corrected chi connectivity index (χ0v) is 14.7. The van der Waals surface area contributed by atoms with Crippen LogP contribution in [0.4, 0.5) is 5.69 Å². The Labute approximate surface area is 146 Å². The number of nitrogens with one attached hydrogen (secondary N) is 2. The van der Waals surface area contributed by atoms with E-state index >= 15 is 0 Å². The first-order valence-electron chi connectivity index (χ1n) is 7.34. The van der Waals surface area contributed by atoms with E-state index < -0.39 is 17.9 Å². The molecule has 3 N–H and O–H groups in total. The maximum absolute atomic E-state index is 12.1. The van der Waals surface area contributed by atoms with Gasteiger partial charge in [-0.2, -0.15) is 5.26 Å². The number of benzene rings is 1. The number of hydrogen-bond donors (Lipinski definition) is 3. The van der Waals surface area contributed by atoms with Crippen LogP contribution in [0.3, 0.4) is 0 Å². The van der Waals surface area contributed by atoms with Gasteiger partial charge in [-0.3, -0.25) is 4.79 Å². The van der Waals surface area contributed by atoms with E-state index in [1.807, 2.05) is 19.9 Å². The second-order valence-corrected chi connectivity index (χ2v) is 6.19. The summed E-state index contributed by atoms with van der Waals surface area (Å²) >= 11 is 6.16. The lowest BCUT2D eigenvalue weighted by Gasteiger charge is -2.17. The standard InChI is InChI=1S/C17H20ClN3O3/c1-9(2)14(17(23)24)21-16(22)12(7-19)8-20-15-11(4)5-10(3)6-13(15)18/h5-6,8-9,14,20H,1-4H3,(H,21,22)(H,23,24)/b12-8-. The van der Waals surface area contributed by atoms with Crippen LogP contribution >= 0.6 is 11.6 Å².